The summed E-state index contributed by atoms with van der Waals surface area (Å²) in [5.74, 6) is -0.0871. The molecule has 0 saturated heterocycles. The third-order valence-electron chi connectivity index (χ3n) is 4.38. The number of halogens is 1. The van der Waals surface area contributed by atoms with Crippen molar-refractivity contribution in [2.24, 2.45) is 0 Å². The predicted octanol–water partition coefficient (Wildman–Crippen LogP) is 3.62. The summed E-state index contributed by atoms with van der Waals surface area (Å²) in [6.07, 6.45) is 3.77. The Morgan fingerprint density at radius 1 is 1.23 bits per heavy atom. The molecule has 0 saturated carbocycles. The number of carbonyl (C=O) groups excluding carboxylic acids is 1. The number of benzene rings is 2. The number of carbonyl (C=O) groups is 1. The van der Waals surface area contributed by atoms with Crippen LogP contribution in [0.15, 0.2) is 42.5 Å². The molecule has 5 nitrogen and oxygen atoms in total. The maximum Gasteiger partial charge on any atom is 0.232 e. The summed E-state index contributed by atoms with van der Waals surface area (Å²) < 4.78 is 25.1. The summed E-state index contributed by atoms with van der Waals surface area (Å²) >= 11 is 5.96. The zero-order valence-corrected chi connectivity index (χ0v) is 16.1. The molecular formula is C19H21ClN2O3S. The van der Waals surface area contributed by atoms with E-state index in [1.807, 2.05) is 36.4 Å². The first-order valence-electron chi connectivity index (χ1n) is 8.48. The molecule has 1 heterocycles. The Labute approximate surface area is 159 Å². The molecule has 0 bridgehead atoms. The van der Waals surface area contributed by atoms with Crippen LogP contribution in [-0.2, 0) is 27.7 Å². The first-order valence-corrected chi connectivity index (χ1v) is 10.7. The lowest BCUT2D eigenvalue weighted by atomic mass is 10.1. The van der Waals surface area contributed by atoms with Gasteiger partial charge < -0.3 is 5.32 Å². The zero-order valence-electron chi connectivity index (χ0n) is 14.5. The zero-order chi connectivity index (χ0) is 18.7. The van der Waals surface area contributed by atoms with Gasteiger partial charge in [-0.05, 0) is 54.7 Å². The van der Waals surface area contributed by atoms with Crippen LogP contribution in [0, 0.1) is 0 Å². The minimum absolute atomic E-state index is 0.0871. The second-order valence-corrected chi connectivity index (χ2v) is 8.80. The van der Waals surface area contributed by atoms with E-state index in [-0.39, 0.29) is 5.91 Å². The Kier molecular flexibility index (Phi) is 5.53. The molecule has 0 fully saturated rings. The highest BCUT2D eigenvalue weighted by Gasteiger charge is 2.26. The highest BCUT2D eigenvalue weighted by molar-refractivity contribution is 7.92. The van der Waals surface area contributed by atoms with Crippen molar-refractivity contribution < 1.29 is 13.2 Å². The quantitative estimate of drug-likeness (QED) is 0.816. The number of sulfonamides is 1. The first kappa shape index (κ1) is 18.7. The largest absolute Gasteiger partial charge is 0.326 e. The number of nitrogens with one attached hydrogen (secondary N) is 1. The van der Waals surface area contributed by atoms with Gasteiger partial charge in [0.15, 0.2) is 0 Å². The summed E-state index contributed by atoms with van der Waals surface area (Å²) in [6, 6.07) is 13.0. The predicted molar refractivity (Wildman–Crippen MR) is 105 cm³/mol. The van der Waals surface area contributed by atoms with Gasteiger partial charge >= 0.3 is 0 Å². The van der Waals surface area contributed by atoms with E-state index >= 15 is 0 Å². The molecule has 0 aliphatic carbocycles. The summed E-state index contributed by atoms with van der Waals surface area (Å²) in [5.41, 5.74) is 3.36. The minimum Gasteiger partial charge on any atom is -0.326 e. The van der Waals surface area contributed by atoms with Gasteiger partial charge in [0, 0.05) is 23.7 Å². The SMILES string of the molecule is CS(=O)(=O)N1CCc2ccc(NC(=O)CCCc3cccc(Cl)c3)cc21. The molecule has 2 aromatic rings. The number of rotatable bonds is 6. The van der Waals surface area contributed by atoms with Gasteiger partial charge in [-0.25, -0.2) is 8.42 Å². The van der Waals surface area contributed by atoms with E-state index in [9.17, 15) is 13.2 Å². The standard InChI is InChI=1S/C19H21ClN2O3S/c1-26(24,25)22-11-10-15-8-9-17(13-18(15)22)21-19(23)7-3-5-14-4-2-6-16(20)12-14/h2,4,6,8-9,12-13H,3,5,7,10-11H2,1H3,(H,21,23). The average molecular weight is 393 g/mol. The van der Waals surface area contributed by atoms with Crippen molar-refractivity contribution in [2.75, 3.05) is 22.4 Å². The lowest BCUT2D eigenvalue weighted by Gasteiger charge is -2.17. The molecule has 0 aromatic heterocycles. The van der Waals surface area contributed by atoms with Gasteiger partial charge in [-0.2, -0.15) is 0 Å². The number of amides is 1. The van der Waals surface area contributed by atoms with E-state index in [0.717, 1.165) is 17.5 Å². The number of fused-ring (bicyclic) bond motifs is 1. The lowest BCUT2D eigenvalue weighted by molar-refractivity contribution is -0.116. The van der Waals surface area contributed by atoms with Gasteiger partial charge in [0.05, 0.1) is 11.9 Å². The van der Waals surface area contributed by atoms with E-state index < -0.39 is 10.0 Å². The number of nitrogens with zero attached hydrogens (tertiary/aromatic N) is 1. The van der Waals surface area contributed by atoms with Crippen LogP contribution < -0.4 is 9.62 Å². The highest BCUT2D eigenvalue weighted by Crippen LogP contribution is 2.32. The van der Waals surface area contributed by atoms with Crippen LogP contribution in [0.4, 0.5) is 11.4 Å². The van der Waals surface area contributed by atoms with E-state index in [1.54, 1.807) is 6.07 Å². The molecule has 1 aliphatic rings. The van der Waals surface area contributed by atoms with Crippen LogP contribution in [0.5, 0.6) is 0 Å². The monoisotopic (exact) mass is 392 g/mol. The third-order valence-corrected chi connectivity index (χ3v) is 5.80. The second-order valence-electron chi connectivity index (χ2n) is 6.46. The maximum absolute atomic E-state index is 12.2. The van der Waals surface area contributed by atoms with Gasteiger partial charge in [-0.3, -0.25) is 9.10 Å². The number of hydrogen-bond donors (Lipinski definition) is 1. The van der Waals surface area contributed by atoms with Crippen molar-refractivity contribution in [1.82, 2.24) is 0 Å². The van der Waals surface area contributed by atoms with Crippen LogP contribution in [-0.4, -0.2) is 27.1 Å². The summed E-state index contributed by atoms with van der Waals surface area (Å²) in [4.78, 5) is 12.2. The van der Waals surface area contributed by atoms with Crippen molar-refractivity contribution in [3.8, 4) is 0 Å². The van der Waals surface area contributed by atoms with Crippen molar-refractivity contribution in [2.45, 2.75) is 25.7 Å². The molecule has 1 aliphatic heterocycles. The molecule has 1 N–H and O–H groups in total. The van der Waals surface area contributed by atoms with Gasteiger partial charge in [-0.15, -0.1) is 0 Å². The summed E-state index contributed by atoms with van der Waals surface area (Å²) in [6.45, 7) is 0.450. The molecule has 1 amide bonds. The molecule has 0 atom stereocenters. The van der Waals surface area contributed by atoms with Crippen molar-refractivity contribution in [3.05, 3.63) is 58.6 Å². The summed E-state index contributed by atoms with van der Waals surface area (Å²) in [7, 11) is -3.30. The Balaban J connectivity index is 1.58. The minimum atomic E-state index is -3.30. The molecule has 0 radical (unpaired) electrons. The average Bonchev–Trinajstić information content (AvgIpc) is 2.98. The number of hydrogen-bond acceptors (Lipinski definition) is 3. The number of aryl methyl sites for hydroxylation is 1. The van der Waals surface area contributed by atoms with Crippen LogP contribution in [0.1, 0.15) is 24.0 Å². The van der Waals surface area contributed by atoms with Crippen LogP contribution in [0.2, 0.25) is 5.02 Å². The fourth-order valence-corrected chi connectivity index (χ4v) is 4.30. The molecule has 2 aromatic carbocycles. The molecule has 3 rings (SSSR count). The first-order chi connectivity index (χ1) is 12.3. The van der Waals surface area contributed by atoms with Gasteiger partial charge in [0.25, 0.3) is 0 Å². The van der Waals surface area contributed by atoms with Crippen molar-refractivity contribution in [1.29, 1.82) is 0 Å². The van der Waals surface area contributed by atoms with Gasteiger partial charge in [0.1, 0.15) is 0 Å². The third kappa shape index (κ3) is 4.56. The lowest BCUT2D eigenvalue weighted by Crippen LogP contribution is -2.27. The topological polar surface area (TPSA) is 66.5 Å². The molecule has 0 spiro atoms. The van der Waals surface area contributed by atoms with Crippen molar-refractivity contribution >= 4 is 38.9 Å². The van der Waals surface area contributed by atoms with E-state index in [1.165, 1.54) is 10.6 Å². The van der Waals surface area contributed by atoms with Crippen molar-refractivity contribution in [3.63, 3.8) is 0 Å². The fraction of sp³-hybridized carbons (Fsp3) is 0.316. The molecule has 7 heteroatoms. The Bertz CT molecular complexity index is 928. The van der Waals surface area contributed by atoms with Gasteiger partial charge in [0.2, 0.25) is 15.9 Å². The Morgan fingerprint density at radius 3 is 2.77 bits per heavy atom. The highest BCUT2D eigenvalue weighted by atomic mass is 35.5. The summed E-state index contributed by atoms with van der Waals surface area (Å²) in [5, 5.41) is 3.55. The number of anilines is 2. The smallest absolute Gasteiger partial charge is 0.232 e. The maximum atomic E-state index is 12.2. The van der Waals surface area contributed by atoms with Crippen LogP contribution in [0.25, 0.3) is 0 Å². The van der Waals surface area contributed by atoms with E-state index in [0.29, 0.717) is 42.2 Å². The second kappa shape index (κ2) is 7.68. The fourth-order valence-electron chi connectivity index (χ4n) is 3.14. The molecule has 0 unspecified atom stereocenters. The van der Waals surface area contributed by atoms with E-state index in [4.69, 9.17) is 11.6 Å². The van der Waals surface area contributed by atoms with E-state index in [2.05, 4.69) is 5.32 Å². The molecule has 26 heavy (non-hydrogen) atoms. The normalized spacial score (nSPS) is 13.5. The Hall–Kier alpha value is -2.05. The molecular weight excluding hydrogens is 372 g/mol. The molecule has 138 valence electrons. The van der Waals surface area contributed by atoms with Gasteiger partial charge in [-0.1, -0.05) is 29.8 Å². The van der Waals surface area contributed by atoms with Crippen LogP contribution >= 0.6 is 11.6 Å². The van der Waals surface area contributed by atoms with Crippen LogP contribution in [0.3, 0.4) is 0 Å². The Morgan fingerprint density at radius 2 is 2.04 bits per heavy atom.